The lowest BCUT2D eigenvalue weighted by molar-refractivity contribution is -0.154. The standard InChI is InChI=1S/C43H40N2O9/c1-42(2)19-29-32(38(50)34(42)41(52)54-6)31(22-11-15-24(48)16-12-22)27-18-26(25-8-7-17-44-35(25)36(27)45-29)30(21-9-13-23(47)14-10-21)33-37(49)28(20-46)43(3,4)40(53-5)39(33)51/h7-18,30-31,34,40,45,47-49H,19H2,1-6H3. The molecule has 4 atom stereocenters. The van der Waals surface area contributed by atoms with E-state index in [0.29, 0.717) is 56.5 Å². The van der Waals surface area contributed by atoms with E-state index in [2.05, 4.69) is 5.32 Å². The van der Waals surface area contributed by atoms with E-state index in [1.54, 1.807) is 50.4 Å². The normalized spacial score (nSPS) is 22.3. The number of phenolic OH excluding ortho intramolecular Hbond substituents is 2. The number of pyridine rings is 1. The molecular formula is C43H40N2O9. The molecule has 4 aromatic rings. The lowest BCUT2D eigenvalue weighted by atomic mass is 9.62. The number of rotatable bonds is 6. The molecule has 3 aromatic carbocycles. The first-order chi connectivity index (χ1) is 25.7. The van der Waals surface area contributed by atoms with Crippen molar-refractivity contribution in [2.75, 3.05) is 19.5 Å². The van der Waals surface area contributed by atoms with Crippen molar-refractivity contribution in [2.45, 2.75) is 52.1 Å². The predicted octanol–water partition coefficient (Wildman–Crippen LogP) is 6.57. The number of Topliss-reactive ketones (excluding diaryl/α,β-unsaturated/α-hetero) is 2. The quantitative estimate of drug-likeness (QED) is 0.0961. The Labute approximate surface area is 311 Å². The molecule has 11 heteroatoms. The molecule has 3 aliphatic rings. The number of nitrogens with one attached hydrogen (secondary N) is 1. The Morgan fingerprint density at radius 2 is 1.59 bits per heavy atom. The molecule has 1 aliphatic heterocycles. The average molecular weight is 729 g/mol. The van der Waals surface area contributed by atoms with Crippen molar-refractivity contribution in [3.63, 3.8) is 0 Å². The number of methoxy groups -OCH3 is 2. The number of carbonyl (C=O) groups excluding carboxylic acids is 4. The van der Waals surface area contributed by atoms with E-state index in [9.17, 15) is 34.5 Å². The van der Waals surface area contributed by atoms with Crippen molar-refractivity contribution in [3.8, 4) is 11.5 Å². The zero-order valence-electron chi connectivity index (χ0n) is 30.7. The minimum absolute atomic E-state index is 0.0202. The zero-order valence-corrected chi connectivity index (χ0v) is 30.7. The number of allylic oxidation sites excluding steroid dienone is 3. The third-order valence-electron chi connectivity index (χ3n) is 11.2. The Morgan fingerprint density at radius 3 is 2.20 bits per heavy atom. The van der Waals surface area contributed by atoms with Crippen LogP contribution in [-0.4, -0.2) is 64.1 Å². The van der Waals surface area contributed by atoms with Crippen LogP contribution in [0.25, 0.3) is 10.9 Å². The Balaban J connectivity index is 1.58. The summed E-state index contributed by atoms with van der Waals surface area (Å²) in [5.41, 5.74) is 2.05. The topological polar surface area (TPSA) is 172 Å². The van der Waals surface area contributed by atoms with Gasteiger partial charge in [-0.1, -0.05) is 64.1 Å². The van der Waals surface area contributed by atoms with E-state index in [4.69, 9.17) is 14.5 Å². The highest BCUT2D eigenvalue weighted by atomic mass is 16.5. The number of ether oxygens (including phenoxy) is 2. The molecule has 4 unspecified atom stereocenters. The maximum Gasteiger partial charge on any atom is 0.317 e. The van der Waals surface area contributed by atoms with Crippen LogP contribution in [0.5, 0.6) is 11.5 Å². The Hall–Kier alpha value is -6.03. The molecule has 0 saturated heterocycles. The van der Waals surface area contributed by atoms with Gasteiger partial charge in [0.25, 0.3) is 0 Å². The molecule has 1 aromatic heterocycles. The van der Waals surface area contributed by atoms with Gasteiger partial charge >= 0.3 is 5.97 Å². The Bertz CT molecular complexity index is 2360. The van der Waals surface area contributed by atoms with Crippen LogP contribution in [0.1, 0.15) is 68.2 Å². The highest BCUT2D eigenvalue weighted by molar-refractivity contribution is 6.13. The molecule has 54 heavy (non-hydrogen) atoms. The largest absolute Gasteiger partial charge is 0.508 e. The SMILES string of the molecule is COC(=O)C1C(=O)C2=C(CC1(C)C)Nc1c(cc(C(C3=C(O)C(=C=O)C(C)(C)C(OC)C3=O)c3ccc(O)cc3)c3cccnc13)C2c1ccc(O)cc1. The van der Waals surface area contributed by atoms with Gasteiger partial charge in [-0.2, -0.15) is 0 Å². The number of aliphatic hydroxyl groups excluding tert-OH is 1. The lowest BCUT2D eigenvalue weighted by Crippen LogP contribution is -2.46. The summed E-state index contributed by atoms with van der Waals surface area (Å²) in [6.45, 7) is 6.96. The van der Waals surface area contributed by atoms with Gasteiger partial charge in [0.1, 0.15) is 35.2 Å². The summed E-state index contributed by atoms with van der Waals surface area (Å²) in [4.78, 5) is 59.8. The molecule has 2 aliphatic carbocycles. The summed E-state index contributed by atoms with van der Waals surface area (Å²) in [5, 5.41) is 36.6. The number of aliphatic hydroxyl groups is 1. The molecule has 0 saturated carbocycles. The summed E-state index contributed by atoms with van der Waals surface area (Å²) >= 11 is 0. The van der Waals surface area contributed by atoms with Crippen LogP contribution in [0.15, 0.2) is 101 Å². The third-order valence-corrected chi connectivity index (χ3v) is 11.2. The highest BCUT2D eigenvalue weighted by Gasteiger charge is 2.53. The number of hydrogen-bond donors (Lipinski definition) is 4. The summed E-state index contributed by atoms with van der Waals surface area (Å²) in [6.07, 6.45) is 0.809. The number of esters is 1. The predicted molar refractivity (Wildman–Crippen MR) is 200 cm³/mol. The van der Waals surface area contributed by atoms with Crippen LogP contribution in [0.3, 0.4) is 0 Å². The van der Waals surface area contributed by atoms with Gasteiger partial charge in [-0.3, -0.25) is 19.4 Å². The summed E-state index contributed by atoms with van der Waals surface area (Å²) < 4.78 is 10.8. The number of anilines is 1. The minimum atomic E-state index is -1.22. The molecule has 11 nitrogen and oxygen atoms in total. The number of phenols is 2. The smallest absolute Gasteiger partial charge is 0.317 e. The van der Waals surface area contributed by atoms with Crippen molar-refractivity contribution in [3.05, 3.63) is 123 Å². The number of aromatic nitrogens is 1. The van der Waals surface area contributed by atoms with E-state index < -0.39 is 58.0 Å². The molecule has 7 rings (SSSR count). The van der Waals surface area contributed by atoms with Crippen LogP contribution in [0.2, 0.25) is 0 Å². The molecule has 0 amide bonds. The van der Waals surface area contributed by atoms with E-state index in [0.717, 1.165) is 0 Å². The van der Waals surface area contributed by atoms with Crippen LogP contribution < -0.4 is 5.32 Å². The first-order valence-electron chi connectivity index (χ1n) is 17.5. The average Bonchev–Trinajstić information content (AvgIpc) is 3.13. The van der Waals surface area contributed by atoms with Crippen LogP contribution in [-0.2, 0) is 28.7 Å². The van der Waals surface area contributed by atoms with Crippen molar-refractivity contribution in [1.82, 2.24) is 4.98 Å². The number of ketones is 2. The number of fused-ring (bicyclic) bond motifs is 3. The number of hydrogen-bond acceptors (Lipinski definition) is 11. The lowest BCUT2D eigenvalue weighted by Gasteiger charge is -2.43. The van der Waals surface area contributed by atoms with Gasteiger partial charge in [0, 0.05) is 47.2 Å². The second kappa shape index (κ2) is 13.1. The fraction of sp³-hybridized carbons (Fsp3) is 0.302. The van der Waals surface area contributed by atoms with Crippen molar-refractivity contribution < 1.29 is 44.0 Å². The molecule has 0 radical (unpaired) electrons. The van der Waals surface area contributed by atoms with Gasteiger partial charge in [0.15, 0.2) is 11.6 Å². The summed E-state index contributed by atoms with van der Waals surface area (Å²) in [5.74, 6) is -3.19. The molecule has 4 N–H and O–H groups in total. The first kappa shape index (κ1) is 36.3. The molecule has 2 heterocycles. The number of nitrogens with zero attached hydrogens (tertiary/aromatic N) is 1. The van der Waals surface area contributed by atoms with Crippen LogP contribution >= 0.6 is 0 Å². The van der Waals surface area contributed by atoms with E-state index >= 15 is 0 Å². The van der Waals surface area contributed by atoms with Crippen LogP contribution in [0, 0.1) is 16.7 Å². The number of carbonyl (C=O) groups is 3. The minimum Gasteiger partial charge on any atom is -0.508 e. The number of benzene rings is 3. The zero-order chi connectivity index (χ0) is 38.9. The van der Waals surface area contributed by atoms with Gasteiger partial charge in [-0.15, -0.1) is 0 Å². The fourth-order valence-corrected chi connectivity index (χ4v) is 8.68. The fourth-order valence-electron chi connectivity index (χ4n) is 8.68. The molecule has 0 bridgehead atoms. The monoisotopic (exact) mass is 728 g/mol. The van der Waals surface area contributed by atoms with E-state index in [-0.39, 0.29) is 22.6 Å². The third kappa shape index (κ3) is 5.50. The van der Waals surface area contributed by atoms with Crippen molar-refractivity contribution in [1.29, 1.82) is 0 Å². The highest BCUT2D eigenvalue weighted by Crippen LogP contribution is 2.55. The Morgan fingerprint density at radius 1 is 0.944 bits per heavy atom. The van der Waals surface area contributed by atoms with Crippen molar-refractivity contribution >= 4 is 40.1 Å². The van der Waals surface area contributed by atoms with Gasteiger partial charge in [-0.05, 0) is 64.4 Å². The van der Waals surface area contributed by atoms with E-state index in [1.807, 2.05) is 31.9 Å². The molecule has 0 spiro atoms. The molecular weight excluding hydrogens is 688 g/mol. The maximum atomic E-state index is 14.7. The second-order valence-electron chi connectivity index (χ2n) is 15.3. The maximum absolute atomic E-state index is 14.7. The summed E-state index contributed by atoms with van der Waals surface area (Å²) in [7, 11) is 2.62. The Kier molecular flexibility index (Phi) is 8.83. The summed E-state index contributed by atoms with van der Waals surface area (Å²) in [6, 6.07) is 18.1. The van der Waals surface area contributed by atoms with Gasteiger partial charge < -0.3 is 30.1 Å². The van der Waals surface area contributed by atoms with Gasteiger partial charge in [0.05, 0.1) is 29.5 Å². The second-order valence-corrected chi connectivity index (χ2v) is 15.3. The van der Waals surface area contributed by atoms with Gasteiger partial charge in [-0.25, -0.2) is 4.79 Å². The van der Waals surface area contributed by atoms with Gasteiger partial charge in [0.2, 0.25) is 0 Å². The number of aromatic hydroxyl groups is 2. The molecule has 0 fully saturated rings. The first-order valence-corrected chi connectivity index (χ1v) is 17.5. The van der Waals surface area contributed by atoms with Crippen molar-refractivity contribution in [2.24, 2.45) is 16.7 Å². The molecule has 276 valence electrons. The van der Waals surface area contributed by atoms with E-state index in [1.165, 1.54) is 38.5 Å². The van der Waals surface area contributed by atoms with Crippen LogP contribution in [0.4, 0.5) is 5.69 Å².